The molecule has 0 spiro atoms. The van der Waals surface area contributed by atoms with E-state index in [-0.39, 0.29) is 5.69 Å². The van der Waals surface area contributed by atoms with Crippen LogP contribution in [-0.4, -0.2) is 16.1 Å². The number of aryl methyl sites for hydroxylation is 2. The molecule has 0 aliphatic rings. The standard InChI is InChI=1S/C30H25NO2/c1-20-10-2-5-15-23(20)25-18-9-19-26-27(29(30(32)33)31-28(25)26)17-7-4-12-22-14-8-13-21-11-3-6-16-24(21)22/h2-6,8-16,18-19,31H,7,17H2,1H3,(H,32,33). The molecule has 162 valence electrons. The molecule has 2 N–H and O–H groups in total. The first-order valence-corrected chi connectivity index (χ1v) is 11.2. The summed E-state index contributed by atoms with van der Waals surface area (Å²) in [6.07, 6.45) is 5.68. The van der Waals surface area contributed by atoms with Crippen LogP contribution in [0.2, 0.25) is 0 Å². The molecule has 1 aromatic heterocycles. The Hall–Kier alpha value is -4.11. The number of nitrogens with one attached hydrogen (secondary N) is 1. The molecule has 5 rings (SSSR count). The largest absolute Gasteiger partial charge is 0.477 e. The van der Waals surface area contributed by atoms with Gasteiger partial charge in [-0.2, -0.15) is 0 Å². The maximum absolute atomic E-state index is 12.1. The van der Waals surface area contributed by atoms with Gasteiger partial charge in [0.2, 0.25) is 0 Å². The van der Waals surface area contributed by atoms with Gasteiger partial charge in [0.05, 0.1) is 5.52 Å². The highest BCUT2D eigenvalue weighted by Gasteiger charge is 2.19. The van der Waals surface area contributed by atoms with Crippen molar-refractivity contribution in [3.8, 4) is 11.1 Å². The van der Waals surface area contributed by atoms with Gasteiger partial charge in [0.1, 0.15) is 5.69 Å². The molecule has 0 radical (unpaired) electrons. The van der Waals surface area contributed by atoms with Crippen LogP contribution >= 0.6 is 0 Å². The fourth-order valence-electron chi connectivity index (χ4n) is 4.65. The quantitative estimate of drug-likeness (QED) is 0.290. The molecule has 0 saturated carbocycles. The Morgan fingerprint density at radius 1 is 0.848 bits per heavy atom. The SMILES string of the molecule is Cc1ccccc1-c1cccc2c(CCC=Cc3cccc4ccccc34)c(C(=O)O)[nH]c12. The van der Waals surface area contributed by atoms with Gasteiger partial charge in [-0.25, -0.2) is 4.79 Å². The van der Waals surface area contributed by atoms with E-state index in [1.54, 1.807) is 0 Å². The average molecular weight is 432 g/mol. The topological polar surface area (TPSA) is 53.1 Å². The first-order chi connectivity index (χ1) is 16.1. The third-order valence-electron chi connectivity index (χ3n) is 6.27. The number of aromatic nitrogens is 1. The Labute approximate surface area is 193 Å². The zero-order chi connectivity index (χ0) is 22.8. The van der Waals surface area contributed by atoms with E-state index in [1.165, 1.54) is 16.3 Å². The molecule has 5 aromatic rings. The number of carboxylic acids is 1. The van der Waals surface area contributed by atoms with Crippen molar-refractivity contribution in [2.24, 2.45) is 0 Å². The summed E-state index contributed by atoms with van der Waals surface area (Å²) in [6.45, 7) is 2.08. The molecule has 0 aliphatic heterocycles. The number of allylic oxidation sites excluding steroid dienone is 1. The van der Waals surface area contributed by atoms with E-state index in [9.17, 15) is 9.90 Å². The summed E-state index contributed by atoms with van der Waals surface area (Å²) in [4.78, 5) is 15.3. The fraction of sp³-hybridized carbons (Fsp3) is 0.100. The molecule has 0 bridgehead atoms. The van der Waals surface area contributed by atoms with E-state index in [4.69, 9.17) is 0 Å². The second-order valence-electron chi connectivity index (χ2n) is 8.34. The predicted molar refractivity (Wildman–Crippen MR) is 137 cm³/mol. The first-order valence-electron chi connectivity index (χ1n) is 11.2. The summed E-state index contributed by atoms with van der Waals surface area (Å²) < 4.78 is 0. The normalized spacial score (nSPS) is 11.5. The van der Waals surface area contributed by atoms with Gasteiger partial charge in [-0.05, 0) is 52.8 Å². The van der Waals surface area contributed by atoms with Crippen molar-refractivity contribution < 1.29 is 9.90 Å². The van der Waals surface area contributed by atoms with Gasteiger partial charge in [0, 0.05) is 10.9 Å². The molecule has 0 atom stereocenters. The molecular formula is C30H25NO2. The van der Waals surface area contributed by atoms with Crippen molar-refractivity contribution in [3.05, 3.63) is 113 Å². The second-order valence-corrected chi connectivity index (χ2v) is 8.34. The molecule has 0 aliphatic carbocycles. The van der Waals surface area contributed by atoms with Crippen molar-refractivity contribution in [1.29, 1.82) is 0 Å². The van der Waals surface area contributed by atoms with E-state index >= 15 is 0 Å². The Morgan fingerprint density at radius 3 is 2.39 bits per heavy atom. The average Bonchev–Trinajstić information content (AvgIpc) is 3.21. The lowest BCUT2D eigenvalue weighted by atomic mass is 9.97. The lowest BCUT2D eigenvalue weighted by Gasteiger charge is -2.07. The highest BCUT2D eigenvalue weighted by atomic mass is 16.4. The summed E-state index contributed by atoms with van der Waals surface area (Å²) in [7, 11) is 0. The Kier molecular flexibility index (Phi) is 5.54. The summed E-state index contributed by atoms with van der Waals surface area (Å²) in [6, 6.07) is 28.9. The lowest BCUT2D eigenvalue weighted by molar-refractivity contribution is 0.0690. The molecular weight excluding hydrogens is 406 g/mol. The van der Waals surface area contributed by atoms with Crippen LogP contribution in [0.1, 0.15) is 33.6 Å². The third kappa shape index (κ3) is 3.94. The van der Waals surface area contributed by atoms with E-state index < -0.39 is 5.97 Å². The molecule has 4 aromatic carbocycles. The zero-order valence-electron chi connectivity index (χ0n) is 18.5. The second kappa shape index (κ2) is 8.79. The van der Waals surface area contributed by atoms with Gasteiger partial charge in [-0.3, -0.25) is 0 Å². The number of rotatable bonds is 6. The van der Waals surface area contributed by atoms with Crippen molar-refractivity contribution >= 4 is 33.7 Å². The van der Waals surface area contributed by atoms with E-state index in [1.807, 2.05) is 30.3 Å². The molecule has 3 heteroatoms. The molecule has 0 saturated heterocycles. The molecule has 0 fully saturated rings. The number of H-pyrrole nitrogens is 1. The number of hydrogen-bond acceptors (Lipinski definition) is 1. The number of para-hydroxylation sites is 1. The molecule has 3 nitrogen and oxygen atoms in total. The van der Waals surface area contributed by atoms with Gasteiger partial charge < -0.3 is 10.1 Å². The Bertz CT molecular complexity index is 1500. The first kappa shape index (κ1) is 20.8. The molecule has 1 heterocycles. The van der Waals surface area contributed by atoms with Crippen LogP contribution in [-0.2, 0) is 6.42 Å². The van der Waals surface area contributed by atoms with Crippen LogP contribution < -0.4 is 0 Å². The Morgan fingerprint density at radius 2 is 1.55 bits per heavy atom. The van der Waals surface area contributed by atoms with Crippen molar-refractivity contribution in [1.82, 2.24) is 4.98 Å². The number of aromatic carboxylic acids is 1. The minimum Gasteiger partial charge on any atom is -0.477 e. The molecule has 0 unspecified atom stereocenters. The minimum atomic E-state index is -0.921. The van der Waals surface area contributed by atoms with Gasteiger partial charge in [0.25, 0.3) is 0 Å². The number of hydrogen-bond donors (Lipinski definition) is 2. The van der Waals surface area contributed by atoms with E-state index in [0.717, 1.165) is 39.6 Å². The molecule has 0 amide bonds. The van der Waals surface area contributed by atoms with E-state index in [2.05, 4.69) is 78.7 Å². The Balaban J connectivity index is 1.48. The van der Waals surface area contributed by atoms with Gasteiger partial charge in [0.15, 0.2) is 0 Å². The van der Waals surface area contributed by atoms with Crippen LogP contribution in [0.3, 0.4) is 0 Å². The number of carbonyl (C=O) groups is 1. The van der Waals surface area contributed by atoms with Gasteiger partial charge in [-0.15, -0.1) is 0 Å². The van der Waals surface area contributed by atoms with Crippen molar-refractivity contribution in [2.45, 2.75) is 19.8 Å². The van der Waals surface area contributed by atoms with Crippen molar-refractivity contribution in [2.75, 3.05) is 0 Å². The van der Waals surface area contributed by atoms with Crippen molar-refractivity contribution in [3.63, 3.8) is 0 Å². The maximum Gasteiger partial charge on any atom is 0.352 e. The maximum atomic E-state index is 12.1. The lowest BCUT2D eigenvalue weighted by Crippen LogP contribution is -2.01. The minimum absolute atomic E-state index is 0.282. The van der Waals surface area contributed by atoms with Gasteiger partial charge in [-0.1, -0.05) is 97.1 Å². The van der Waals surface area contributed by atoms with E-state index in [0.29, 0.717) is 6.42 Å². The number of carboxylic acid groups (broad SMARTS) is 1. The van der Waals surface area contributed by atoms with Crippen LogP contribution in [0, 0.1) is 6.92 Å². The highest BCUT2D eigenvalue weighted by molar-refractivity contribution is 6.03. The fourth-order valence-corrected chi connectivity index (χ4v) is 4.65. The predicted octanol–water partition coefficient (Wildman–Crippen LogP) is 7.64. The number of fused-ring (bicyclic) bond motifs is 2. The smallest absolute Gasteiger partial charge is 0.352 e. The van der Waals surface area contributed by atoms with Crippen LogP contribution in [0.5, 0.6) is 0 Å². The summed E-state index contributed by atoms with van der Waals surface area (Å²) in [5.74, 6) is -0.921. The summed E-state index contributed by atoms with van der Waals surface area (Å²) in [5.41, 5.74) is 6.51. The third-order valence-corrected chi connectivity index (χ3v) is 6.27. The summed E-state index contributed by atoms with van der Waals surface area (Å²) >= 11 is 0. The monoisotopic (exact) mass is 431 g/mol. The van der Waals surface area contributed by atoms with Crippen LogP contribution in [0.25, 0.3) is 38.9 Å². The highest BCUT2D eigenvalue weighted by Crippen LogP contribution is 2.34. The molecule has 33 heavy (non-hydrogen) atoms. The van der Waals surface area contributed by atoms with Crippen LogP contribution in [0.4, 0.5) is 0 Å². The zero-order valence-corrected chi connectivity index (χ0v) is 18.5. The van der Waals surface area contributed by atoms with Gasteiger partial charge >= 0.3 is 5.97 Å². The van der Waals surface area contributed by atoms with Crippen LogP contribution in [0.15, 0.2) is 91.0 Å². The number of aromatic amines is 1. The summed E-state index contributed by atoms with van der Waals surface area (Å²) in [5, 5.41) is 13.3. The number of benzene rings is 4.